The molecule has 3 aromatic rings. The molecule has 2 heterocycles. The average Bonchev–Trinajstić information content (AvgIpc) is 2.94. The topological polar surface area (TPSA) is 63.8 Å². The summed E-state index contributed by atoms with van der Waals surface area (Å²) in [4.78, 5) is 8.54. The van der Waals surface area contributed by atoms with Crippen molar-refractivity contribution in [2.75, 3.05) is 5.32 Å². The third-order valence-electron chi connectivity index (χ3n) is 3.03. The summed E-state index contributed by atoms with van der Waals surface area (Å²) in [7, 11) is 0. The van der Waals surface area contributed by atoms with Crippen molar-refractivity contribution >= 4 is 27.4 Å². The molecule has 0 fully saturated rings. The second-order valence-electron chi connectivity index (χ2n) is 4.18. The van der Waals surface area contributed by atoms with Gasteiger partial charge < -0.3 is 11.1 Å². The Labute approximate surface area is 115 Å². The van der Waals surface area contributed by atoms with Crippen LogP contribution in [0.25, 0.3) is 10.2 Å². The minimum atomic E-state index is 0.552. The first kappa shape index (κ1) is 12.1. The largest absolute Gasteiger partial charge is 0.365 e. The molecule has 96 valence electrons. The Balaban J connectivity index is 1.84. The lowest BCUT2D eigenvalue weighted by molar-refractivity contribution is 1.00. The number of rotatable bonds is 4. The number of nitrogens with one attached hydrogen (secondary N) is 1. The van der Waals surface area contributed by atoms with E-state index in [1.54, 1.807) is 17.7 Å². The van der Waals surface area contributed by atoms with Gasteiger partial charge in [0.1, 0.15) is 12.1 Å². The molecule has 0 unspecified atom stereocenters. The standard InChI is InChI=1S/C14H14N4S/c15-7-10-3-1-2-4-11(10)8-16-14-13-12(5-6-19-13)17-9-18-14/h1-6,9H,7-8,15H2,(H,16,17,18). The van der Waals surface area contributed by atoms with Crippen LogP contribution in [0, 0.1) is 0 Å². The van der Waals surface area contributed by atoms with Crippen LogP contribution in [0.1, 0.15) is 11.1 Å². The van der Waals surface area contributed by atoms with Crippen molar-refractivity contribution in [3.05, 3.63) is 53.2 Å². The zero-order valence-corrected chi connectivity index (χ0v) is 11.2. The van der Waals surface area contributed by atoms with Crippen molar-refractivity contribution in [1.82, 2.24) is 9.97 Å². The minimum Gasteiger partial charge on any atom is -0.365 e. The van der Waals surface area contributed by atoms with Gasteiger partial charge in [-0.05, 0) is 22.6 Å². The van der Waals surface area contributed by atoms with Crippen molar-refractivity contribution in [2.45, 2.75) is 13.1 Å². The molecule has 2 aromatic heterocycles. The first-order valence-electron chi connectivity index (χ1n) is 6.07. The van der Waals surface area contributed by atoms with Crippen LogP contribution < -0.4 is 11.1 Å². The number of fused-ring (bicyclic) bond motifs is 1. The highest BCUT2D eigenvalue weighted by atomic mass is 32.1. The third-order valence-corrected chi connectivity index (χ3v) is 3.94. The van der Waals surface area contributed by atoms with E-state index in [0.29, 0.717) is 6.54 Å². The number of hydrogen-bond donors (Lipinski definition) is 2. The van der Waals surface area contributed by atoms with E-state index in [1.165, 1.54) is 5.56 Å². The maximum absolute atomic E-state index is 5.74. The summed E-state index contributed by atoms with van der Waals surface area (Å²) in [5, 5.41) is 5.39. The highest BCUT2D eigenvalue weighted by Gasteiger charge is 2.05. The van der Waals surface area contributed by atoms with Crippen molar-refractivity contribution < 1.29 is 0 Å². The van der Waals surface area contributed by atoms with Gasteiger partial charge in [-0.25, -0.2) is 9.97 Å². The van der Waals surface area contributed by atoms with E-state index in [4.69, 9.17) is 5.73 Å². The van der Waals surface area contributed by atoms with Crippen molar-refractivity contribution in [3.8, 4) is 0 Å². The summed E-state index contributed by atoms with van der Waals surface area (Å²) in [6, 6.07) is 10.2. The summed E-state index contributed by atoms with van der Waals surface area (Å²) in [6.45, 7) is 1.27. The highest BCUT2D eigenvalue weighted by Crippen LogP contribution is 2.25. The Morgan fingerprint density at radius 1 is 1.11 bits per heavy atom. The van der Waals surface area contributed by atoms with Gasteiger partial charge in [-0.15, -0.1) is 11.3 Å². The second kappa shape index (κ2) is 5.34. The van der Waals surface area contributed by atoms with Crippen LogP contribution in [0.15, 0.2) is 42.0 Å². The van der Waals surface area contributed by atoms with Gasteiger partial charge in [0, 0.05) is 13.1 Å². The molecule has 4 nitrogen and oxygen atoms in total. The van der Waals surface area contributed by atoms with Crippen LogP contribution in [-0.2, 0) is 13.1 Å². The molecule has 0 bridgehead atoms. The molecule has 0 radical (unpaired) electrons. The fraction of sp³-hybridized carbons (Fsp3) is 0.143. The predicted octanol–water partition coefficient (Wildman–Crippen LogP) is 2.76. The monoisotopic (exact) mass is 270 g/mol. The summed E-state index contributed by atoms with van der Waals surface area (Å²) in [6.07, 6.45) is 1.59. The first-order chi connectivity index (χ1) is 9.38. The fourth-order valence-corrected chi connectivity index (χ4v) is 2.83. The molecule has 3 N–H and O–H groups in total. The van der Waals surface area contributed by atoms with Gasteiger partial charge in [-0.1, -0.05) is 24.3 Å². The van der Waals surface area contributed by atoms with E-state index in [1.807, 2.05) is 23.6 Å². The zero-order chi connectivity index (χ0) is 13.1. The molecule has 3 rings (SSSR count). The molecule has 0 saturated carbocycles. The van der Waals surface area contributed by atoms with Crippen molar-refractivity contribution in [1.29, 1.82) is 0 Å². The Morgan fingerprint density at radius 2 is 1.95 bits per heavy atom. The number of benzene rings is 1. The maximum atomic E-state index is 5.74. The Hall–Kier alpha value is -1.98. The molecular formula is C14H14N4S. The summed E-state index contributed by atoms with van der Waals surface area (Å²) in [5.41, 5.74) is 9.08. The van der Waals surface area contributed by atoms with Gasteiger partial charge >= 0.3 is 0 Å². The molecule has 0 aliphatic carbocycles. The van der Waals surface area contributed by atoms with Crippen LogP contribution in [0.3, 0.4) is 0 Å². The number of thiophene rings is 1. The quantitative estimate of drug-likeness (QED) is 0.765. The number of hydrogen-bond acceptors (Lipinski definition) is 5. The molecule has 0 aliphatic rings. The fourth-order valence-electron chi connectivity index (χ4n) is 2.02. The SMILES string of the molecule is NCc1ccccc1CNc1ncnc2ccsc12. The third kappa shape index (κ3) is 2.43. The average molecular weight is 270 g/mol. The van der Waals surface area contributed by atoms with Gasteiger partial charge in [-0.3, -0.25) is 0 Å². The van der Waals surface area contributed by atoms with E-state index < -0.39 is 0 Å². The number of anilines is 1. The number of nitrogens with zero attached hydrogens (tertiary/aromatic N) is 2. The molecule has 1 aromatic carbocycles. The molecule has 19 heavy (non-hydrogen) atoms. The molecule has 0 spiro atoms. The van der Waals surface area contributed by atoms with Crippen LogP contribution in [0.2, 0.25) is 0 Å². The van der Waals surface area contributed by atoms with Gasteiger partial charge in [-0.2, -0.15) is 0 Å². The van der Waals surface area contributed by atoms with Gasteiger partial charge in [0.15, 0.2) is 0 Å². The maximum Gasteiger partial charge on any atom is 0.147 e. The molecule has 0 atom stereocenters. The van der Waals surface area contributed by atoms with Gasteiger partial charge in [0.25, 0.3) is 0 Å². The van der Waals surface area contributed by atoms with E-state index in [0.717, 1.165) is 28.1 Å². The zero-order valence-electron chi connectivity index (χ0n) is 10.3. The van der Waals surface area contributed by atoms with E-state index in [-0.39, 0.29) is 0 Å². The summed E-state index contributed by atoms with van der Waals surface area (Å²) in [5.74, 6) is 0.881. The molecule has 0 amide bonds. The summed E-state index contributed by atoms with van der Waals surface area (Å²) >= 11 is 1.65. The molecular weight excluding hydrogens is 256 g/mol. The molecule has 0 saturated heterocycles. The predicted molar refractivity (Wildman–Crippen MR) is 79.1 cm³/mol. The normalized spacial score (nSPS) is 10.8. The number of nitrogens with two attached hydrogens (primary N) is 1. The highest BCUT2D eigenvalue weighted by molar-refractivity contribution is 7.17. The molecule has 0 aliphatic heterocycles. The number of aromatic nitrogens is 2. The Bertz CT molecular complexity index is 692. The molecule has 5 heteroatoms. The second-order valence-corrected chi connectivity index (χ2v) is 5.10. The summed E-state index contributed by atoms with van der Waals surface area (Å²) < 4.78 is 1.09. The van der Waals surface area contributed by atoms with Gasteiger partial charge in [0.05, 0.1) is 10.2 Å². The Morgan fingerprint density at radius 3 is 2.79 bits per heavy atom. The van der Waals surface area contributed by atoms with Crippen LogP contribution in [0.5, 0.6) is 0 Å². The van der Waals surface area contributed by atoms with E-state index in [9.17, 15) is 0 Å². The van der Waals surface area contributed by atoms with Crippen LogP contribution >= 0.6 is 11.3 Å². The lowest BCUT2D eigenvalue weighted by atomic mass is 10.1. The minimum absolute atomic E-state index is 0.552. The van der Waals surface area contributed by atoms with Gasteiger partial charge in [0.2, 0.25) is 0 Å². The lowest BCUT2D eigenvalue weighted by Crippen LogP contribution is -2.07. The first-order valence-corrected chi connectivity index (χ1v) is 6.95. The van der Waals surface area contributed by atoms with Crippen LogP contribution in [-0.4, -0.2) is 9.97 Å². The van der Waals surface area contributed by atoms with E-state index >= 15 is 0 Å². The smallest absolute Gasteiger partial charge is 0.147 e. The Kier molecular flexibility index (Phi) is 3.39. The van der Waals surface area contributed by atoms with Crippen LogP contribution in [0.4, 0.5) is 5.82 Å². The van der Waals surface area contributed by atoms with E-state index in [2.05, 4.69) is 27.4 Å². The van der Waals surface area contributed by atoms with Crippen molar-refractivity contribution in [2.24, 2.45) is 5.73 Å². The lowest BCUT2D eigenvalue weighted by Gasteiger charge is -2.09. The van der Waals surface area contributed by atoms with Crippen molar-refractivity contribution in [3.63, 3.8) is 0 Å².